The molecule has 3 heteroatoms. The molecule has 0 aromatic heterocycles. The first-order valence-electron chi connectivity index (χ1n) is 7.40. The lowest BCUT2D eigenvalue weighted by Crippen LogP contribution is -2.33. The summed E-state index contributed by atoms with van der Waals surface area (Å²) in [4.78, 5) is 2.42. The van der Waals surface area contributed by atoms with Crippen LogP contribution < -0.4 is 10.5 Å². The van der Waals surface area contributed by atoms with Crippen molar-refractivity contribution >= 4 is 5.69 Å². The molecule has 21 heavy (non-hydrogen) atoms. The van der Waals surface area contributed by atoms with E-state index in [1.165, 1.54) is 11.1 Å². The van der Waals surface area contributed by atoms with Gasteiger partial charge in [-0.05, 0) is 42.6 Å². The van der Waals surface area contributed by atoms with Crippen molar-refractivity contribution in [2.75, 3.05) is 26.4 Å². The Balaban J connectivity index is 1.94. The standard InChI is InChI=1S/C18H22N2O/c1-20-11-10-13-6-3-4-8-15(13)16(20)12-14-7-5-9-17(21-2)18(14)19/h3-9,16H,10-12,19H2,1-2H3. The van der Waals surface area contributed by atoms with Crippen LogP contribution in [0.25, 0.3) is 0 Å². The zero-order chi connectivity index (χ0) is 14.8. The monoisotopic (exact) mass is 282 g/mol. The van der Waals surface area contributed by atoms with Crippen LogP contribution in [0.3, 0.4) is 0 Å². The summed E-state index contributed by atoms with van der Waals surface area (Å²) in [5.41, 5.74) is 11.0. The molecule has 1 heterocycles. The lowest BCUT2D eigenvalue weighted by atomic mass is 9.88. The van der Waals surface area contributed by atoms with Gasteiger partial charge in [0.15, 0.2) is 0 Å². The third-order valence-electron chi connectivity index (χ3n) is 4.47. The number of rotatable bonds is 3. The van der Waals surface area contributed by atoms with E-state index in [4.69, 9.17) is 10.5 Å². The summed E-state index contributed by atoms with van der Waals surface area (Å²) in [7, 11) is 3.86. The van der Waals surface area contributed by atoms with Gasteiger partial charge in [-0.15, -0.1) is 0 Å². The molecule has 110 valence electrons. The predicted molar refractivity (Wildman–Crippen MR) is 86.6 cm³/mol. The van der Waals surface area contributed by atoms with Crippen molar-refractivity contribution in [3.63, 3.8) is 0 Å². The number of hydrogen-bond acceptors (Lipinski definition) is 3. The first-order chi connectivity index (χ1) is 10.2. The van der Waals surface area contributed by atoms with Crippen molar-refractivity contribution < 1.29 is 4.74 Å². The van der Waals surface area contributed by atoms with Crippen LogP contribution in [0, 0.1) is 0 Å². The van der Waals surface area contributed by atoms with E-state index in [2.05, 4.69) is 42.3 Å². The lowest BCUT2D eigenvalue weighted by Gasteiger charge is -2.35. The number of nitrogen functional groups attached to an aromatic ring is 1. The number of likely N-dealkylation sites (N-methyl/N-ethyl adjacent to an activating group) is 1. The number of benzene rings is 2. The topological polar surface area (TPSA) is 38.5 Å². The molecule has 0 saturated heterocycles. The highest BCUT2D eigenvalue weighted by atomic mass is 16.5. The average Bonchev–Trinajstić information content (AvgIpc) is 2.52. The third-order valence-corrected chi connectivity index (χ3v) is 4.47. The number of ether oxygens (including phenoxy) is 1. The molecule has 0 radical (unpaired) electrons. The Labute approximate surface area is 126 Å². The summed E-state index contributed by atoms with van der Waals surface area (Å²) >= 11 is 0. The highest BCUT2D eigenvalue weighted by Crippen LogP contribution is 2.34. The molecule has 0 aliphatic carbocycles. The summed E-state index contributed by atoms with van der Waals surface area (Å²) < 4.78 is 5.33. The molecular weight excluding hydrogens is 260 g/mol. The number of hydrogen-bond donors (Lipinski definition) is 1. The number of anilines is 1. The maximum Gasteiger partial charge on any atom is 0.142 e. The van der Waals surface area contributed by atoms with Crippen LogP contribution in [0.2, 0.25) is 0 Å². The molecule has 0 fully saturated rings. The van der Waals surface area contributed by atoms with Gasteiger partial charge in [0.25, 0.3) is 0 Å². The van der Waals surface area contributed by atoms with Crippen molar-refractivity contribution in [1.82, 2.24) is 4.90 Å². The number of para-hydroxylation sites is 1. The van der Waals surface area contributed by atoms with Gasteiger partial charge in [0, 0.05) is 12.6 Å². The molecule has 1 aliphatic heterocycles. The van der Waals surface area contributed by atoms with Crippen molar-refractivity contribution in [2.45, 2.75) is 18.9 Å². The zero-order valence-electron chi connectivity index (χ0n) is 12.7. The minimum Gasteiger partial charge on any atom is -0.495 e. The van der Waals surface area contributed by atoms with Crippen molar-refractivity contribution in [3.8, 4) is 5.75 Å². The molecule has 2 aromatic rings. The minimum absolute atomic E-state index is 0.379. The Morgan fingerprint density at radius 1 is 1.19 bits per heavy atom. The summed E-state index contributed by atoms with van der Waals surface area (Å²) in [5, 5.41) is 0. The van der Waals surface area contributed by atoms with E-state index in [1.807, 2.05) is 12.1 Å². The molecule has 0 bridgehead atoms. The highest BCUT2D eigenvalue weighted by Gasteiger charge is 2.25. The van der Waals surface area contributed by atoms with Gasteiger partial charge in [-0.3, -0.25) is 4.90 Å². The lowest BCUT2D eigenvalue weighted by molar-refractivity contribution is 0.229. The number of nitrogens with two attached hydrogens (primary N) is 1. The normalized spacial score (nSPS) is 18.3. The molecule has 1 unspecified atom stereocenters. The molecular formula is C18H22N2O. The van der Waals surface area contributed by atoms with Crippen molar-refractivity contribution in [3.05, 3.63) is 59.2 Å². The summed E-state index contributed by atoms with van der Waals surface area (Å²) in [6.45, 7) is 1.09. The molecule has 3 nitrogen and oxygen atoms in total. The van der Waals surface area contributed by atoms with E-state index in [1.54, 1.807) is 7.11 Å². The quantitative estimate of drug-likeness (QED) is 0.879. The Morgan fingerprint density at radius 3 is 2.81 bits per heavy atom. The average molecular weight is 282 g/mol. The van der Waals surface area contributed by atoms with E-state index < -0.39 is 0 Å². The van der Waals surface area contributed by atoms with E-state index in [9.17, 15) is 0 Å². The van der Waals surface area contributed by atoms with Gasteiger partial charge >= 0.3 is 0 Å². The van der Waals surface area contributed by atoms with Crippen LogP contribution >= 0.6 is 0 Å². The predicted octanol–water partition coefficient (Wildman–Crippen LogP) is 3.05. The van der Waals surface area contributed by atoms with Crippen molar-refractivity contribution in [2.24, 2.45) is 0 Å². The molecule has 3 rings (SSSR count). The van der Waals surface area contributed by atoms with Crippen LogP contribution in [0.5, 0.6) is 5.75 Å². The molecule has 0 saturated carbocycles. The fourth-order valence-electron chi connectivity index (χ4n) is 3.20. The molecule has 0 spiro atoms. The molecule has 1 atom stereocenters. The van der Waals surface area contributed by atoms with Crippen LogP contribution in [-0.4, -0.2) is 25.6 Å². The smallest absolute Gasteiger partial charge is 0.142 e. The van der Waals surface area contributed by atoms with E-state index >= 15 is 0 Å². The highest BCUT2D eigenvalue weighted by molar-refractivity contribution is 5.59. The van der Waals surface area contributed by atoms with Gasteiger partial charge in [-0.2, -0.15) is 0 Å². The van der Waals surface area contributed by atoms with Crippen LogP contribution in [0.1, 0.15) is 22.7 Å². The second-order valence-electron chi connectivity index (χ2n) is 5.68. The summed E-state index contributed by atoms with van der Waals surface area (Å²) in [6, 6.07) is 15.1. The number of nitrogens with zero attached hydrogens (tertiary/aromatic N) is 1. The Hall–Kier alpha value is -2.00. The molecule has 0 amide bonds. The van der Waals surface area contributed by atoms with Gasteiger partial charge in [0.2, 0.25) is 0 Å². The van der Waals surface area contributed by atoms with Gasteiger partial charge in [0.05, 0.1) is 12.8 Å². The van der Waals surface area contributed by atoms with Gasteiger partial charge in [-0.1, -0.05) is 36.4 Å². The van der Waals surface area contributed by atoms with E-state index in [0.29, 0.717) is 6.04 Å². The number of methoxy groups -OCH3 is 1. The molecule has 2 aromatic carbocycles. The SMILES string of the molecule is COc1cccc(CC2c3ccccc3CCN2C)c1N. The first kappa shape index (κ1) is 14.0. The maximum absolute atomic E-state index is 6.23. The molecule has 1 aliphatic rings. The van der Waals surface area contributed by atoms with Gasteiger partial charge in [0.1, 0.15) is 5.75 Å². The van der Waals surface area contributed by atoms with Crippen molar-refractivity contribution in [1.29, 1.82) is 0 Å². The summed E-state index contributed by atoms with van der Waals surface area (Å²) in [6.07, 6.45) is 2.04. The second-order valence-corrected chi connectivity index (χ2v) is 5.68. The first-order valence-corrected chi connectivity index (χ1v) is 7.40. The Bertz CT molecular complexity index is 639. The maximum atomic E-state index is 6.23. The fourth-order valence-corrected chi connectivity index (χ4v) is 3.20. The fraction of sp³-hybridized carbons (Fsp3) is 0.333. The Morgan fingerprint density at radius 2 is 2.00 bits per heavy atom. The minimum atomic E-state index is 0.379. The van der Waals surface area contributed by atoms with Crippen LogP contribution in [0.4, 0.5) is 5.69 Å². The van der Waals surface area contributed by atoms with Gasteiger partial charge in [-0.25, -0.2) is 0 Å². The summed E-state index contributed by atoms with van der Waals surface area (Å²) in [5.74, 6) is 0.763. The van der Waals surface area contributed by atoms with Gasteiger partial charge < -0.3 is 10.5 Å². The van der Waals surface area contributed by atoms with E-state index in [0.717, 1.165) is 36.4 Å². The number of fused-ring (bicyclic) bond motifs is 1. The van der Waals surface area contributed by atoms with E-state index in [-0.39, 0.29) is 0 Å². The largest absolute Gasteiger partial charge is 0.495 e. The Kier molecular flexibility index (Phi) is 3.84. The third kappa shape index (κ3) is 2.61. The van der Waals surface area contributed by atoms with Crippen LogP contribution in [0.15, 0.2) is 42.5 Å². The van der Waals surface area contributed by atoms with Crippen LogP contribution in [-0.2, 0) is 12.8 Å². The second kappa shape index (κ2) is 5.78. The molecule has 2 N–H and O–H groups in total. The zero-order valence-corrected chi connectivity index (χ0v) is 12.7.